The third-order valence-corrected chi connectivity index (χ3v) is 2.48. The third-order valence-electron chi connectivity index (χ3n) is 2.48. The fraction of sp³-hybridized carbons (Fsp3) is 0.0769. The first kappa shape index (κ1) is 13.5. The van der Waals surface area contributed by atoms with E-state index in [-0.39, 0.29) is 11.4 Å². The van der Waals surface area contributed by atoms with Gasteiger partial charge in [-0.05, 0) is 24.6 Å². The molecule has 0 aliphatic heterocycles. The van der Waals surface area contributed by atoms with E-state index < -0.39 is 16.6 Å². The number of pyridine rings is 1. The van der Waals surface area contributed by atoms with E-state index in [0.717, 1.165) is 17.8 Å². The monoisotopic (exact) mass is 274 g/mol. The van der Waals surface area contributed by atoms with Crippen LogP contribution in [-0.4, -0.2) is 21.0 Å². The first-order chi connectivity index (χ1) is 9.47. The quantitative estimate of drug-likeness (QED) is 0.679. The standard InChI is InChI=1S/C13H10N2O5/c1-8-3-2-4-10(5-8)20-12-11(15(18)19)6-9(7-14-12)13(16)17/h2-7H,1H3,(H,16,17). The van der Waals surface area contributed by atoms with Crippen molar-refractivity contribution in [3.8, 4) is 11.6 Å². The lowest BCUT2D eigenvalue weighted by atomic mass is 10.2. The van der Waals surface area contributed by atoms with Crippen molar-refractivity contribution in [2.24, 2.45) is 0 Å². The van der Waals surface area contributed by atoms with Gasteiger partial charge in [-0.25, -0.2) is 9.78 Å². The summed E-state index contributed by atoms with van der Waals surface area (Å²) in [6.07, 6.45) is 1.01. The lowest BCUT2D eigenvalue weighted by molar-refractivity contribution is -0.386. The van der Waals surface area contributed by atoms with Gasteiger partial charge in [0.05, 0.1) is 10.5 Å². The van der Waals surface area contributed by atoms with Gasteiger partial charge in [0.1, 0.15) is 5.75 Å². The summed E-state index contributed by atoms with van der Waals surface area (Å²) in [6.45, 7) is 1.85. The minimum Gasteiger partial charge on any atom is -0.478 e. The maximum absolute atomic E-state index is 10.9. The van der Waals surface area contributed by atoms with Crippen LogP contribution in [0.4, 0.5) is 5.69 Å². The molecule has 0 fully saturated rings. The fourth-order valence-electron chi connectivity index (χ4n) is 1.56. The van der Waals surface area contributed by atoms with Gasteiger partial charge in [0.2, 0.25) is 0 Å². The van der Waals surface area contributed by atoms with E-state index in [4.69, 9.17) is 9.84 Å². The average Bonchev–Trinajstić information content (AvgIpc) is 2.38. The topological polar surface area (TPSA) is 103 Å². The van der Waals surface area contributed by atoms with Crippen LogP contribution in [0.5, 0.6) is 11.6 Å². The second kappa shape index (κ2) is 5.35. The molecule has 0 unspecified atom stereocenters. The first-order valence-corrected chi connectivity index (χ1v) is 5.59. The number of hydrogen-bond acceptors (Lipinski definition) is 5. The number of carboxylic acid groups (broad SMARTS) is 1. The van der Waals surface area contributed by atoms with Gasteiger partial charge < -0.3 is 9.84 Å². The predicted octanol–water partition coefficient (Wildman–Crippen LogP) is 2.79. The third kappa shape index (κ3) is 2.89. The van der Waals surface area contributed by atoms with Crippen LogP contribution in [0.3, 0.4) is 0 Å². The van der Waals surface area contributed by atoms with Crippen molar-refractivity contribution in [3.05, 3.63) is 57.8 Å². The summed E-state index contributed by atoms with van der Waals surface area (Å²) >= 11 is 0. The number of nitro groups is 1. The van der Waals surface area contributed by atoms with Crippen molar-refractivity contribution in [2.75, 3.05) is 0 Å². The predicted molar refractivity (Wildman–Crippen MR) is 69.1 cm³/mol. The number of ether oxygens (including phenoxy) is 1. The molecule has 0 saturated heterocycles. The molecule has 0 aliphatic carbocycles. The molecule has 20 heavy (non-hydrogen) atoms. The Morgan fingerprint density at radius 1 is 1.40 bits per heavy atom. The van der Waals surface area contributed by atoms with Gasteiger partial charge in [-0.2, -0.15) is 0 Å². The summed E-state index contributed by atoms with van der Waals surface area (Å²) in [7, 11) is 0. The van der Waals surface area contributed by atoms with Crippen molar-refractivity contribution in [2.45, 2.75) is 6.92 Å². The van der Waals surface area contributed by atoms with Gasteiger partial charge >= 0.3 is 11.7 Å². The van der Waals surface area contributed by atoms with Crippen LogP contribution in [0.25, 0.3) is 0 Å². The molecule has 0 spiro atoms. The highest BCUT2D eigenvalue weighted by molar-refractivity contribution is 5.88. The molecule has 2 rings (SSSR count). The molecular weight excluding hydrogens is 264 g/mol. The average molecular weight is 274 g/mol. The second-order valence-electron chi connectivity index (χ2n) is 4.03. The lowest BCUT2D eigenvalue weighted by Crippen LogP contribution is -2.02. The molecule has 7 nitrogen and oxygen atoms in total. The zero-order valence-corrected chi connectivity index (χ0v) is 10.4. The zero-order chi connectivity index (χ0) is 14.7. The van der Waals surface area contributed by atoms with Gasteiger partial charge in [-0.1, -0.05) is 12.1 Å². The SMILES string of the molecule is Cc1cccc(Oc2ncc(C(=O)O)cc2[N+](=O)[O-])c1. The smallest absolute Gasteiger partial charge is 0.337 e. The number of carboxylic acids is 1. The second-order valence-corrected chi connectivity index (χ2v) is 4.03. The fourth-order valence-corrected chi connectivity index (χ4v) is 1.56. The van der Waals surface area contributed by atoms with Crippen molar-refractivity contribution in [3.63, 3.8) is 0 Å². The Bertz CT molecular complexity index is 684. The van der Waals surface area contributed by atoms with E-state index in [0.29, 0.717) is 5.75 Å². The molecule has 102 valence electrons. The molecule has 1 aromatic heterocycles. The molecule has 7 heteroatoms. The highest BCUT2D eigenvalue weighted by Gasteiger charge is 2.20. The number of aromatic carboxylic acids is 1. The minimum atomic E-state index is -1.29. The van der Waals surface area contributed by atoms with Crippen LogP contribution in [0.15, 0.2) is 36.5 Å². The lowest BCUT2D eigenvalue weighted by Gasteiger charge is -2.06. The van der Waals surface area contributed by atoms with E-state index in [1.807, 2.05) is 13.0 Å². The van der Waals surface area contributed by atoms with Crippen LogP contribution < -0.4 is 4.74 Å². The van der Waals surface area contributed by atoms with Crippen LogP contribution >= 0.6 is 0 Å². The molecule has 1 heterocycles. The van der Waals surface area contributed by atoms with E-state index in [1.165, 1.54) is 0 Å². The van der Waals surface area contributed by atoms with Gasteiger partial charge in [0, 0.05) is 12.3 Å². The molecule has 0 aliphatic rings. The maximum atomic E-state index is 10.9. The molecule has 1 N–H and O–H groups in total. The number of hydrogen-bond donors (Lipinski definition) is 1. The Morgan fingerprint density at radius 2 is 2.15 bits per heavy atom. The summed E-state index contributed by atoms with van der Waals surface area (Å²) in [4.78, 5) is 24.7. The number of nitrogens with zero attached hydrogens (tertiary/aromatic N) is 2. The summed E-state index contributed by atoms with van der Waals surface area (Å²) in [5, 5.41) is 19.8. The number of aryl methyl sites for hydroxylation is 1. The maximum Gasteiger partial charge on any atom is 0.337 e. The molecule has 2 aromatic rings. The van der Waals surface area contributed by atoms with Crippen LogP contribution in [0.1, 0.15) is 15.9 Å². The molecule has 0 radical (unpaired) electrons. The van der Waals surface area contributed by atoms with Gasteiger partial charge in [0.25, 0.3) is 5.88 Å². The largest absolute Gasteiger partial charge is 0.478 e. The van der Waals surface area contributed by atoms with Crippen molar-refractivity contribution in [1.29, 1.82) is 0 Å². The van der Waals surface area contributed by atoms with E-state index >= 15 is 0 Å². The van der Waals surface area contributed by atoms with E-state index in [9.17, 15) is 14.9 Å². The van der Waals surface area contributed by atoms with E-state index in [2.05, 4.69) is 4.98 Å². The Balaban J connectivity index is 2.41. The zero-order valence-electron chi connectivity index (χ0n) is 10.4. The van der Waals surface area contributed by atoms with Gasteiger partial charge in [-0.3, -0.25) is 10.1 Å². The van der Waals surface area contributed by atoms with Crippen LogP contribution in [0, 0.1) is 17.0 Å². The van der Waals surface area contributed by atoms with Crippen molar-refractivity contribution >= 4 is 11.7 Å². The first-order valence-electron chi connectivity index (χ1n) is 5.59. The molecule has 0 atom stereocenters. The molecule has 0 saturated carbocycles. The van der Waals surface area contributed by atoms with Gasteiger partial charge in [-0.15, -0.1) is 0 Å². The highest BCUT2D eigenvalue weighted by atomic mass is 16.6. The van der Waals surface area contributed by atoms with Crippen LogP contribution in [-0.2, 0) is 0 Å². The molecular formula is C13H10N2O5. The minimum absolute atomic E-state index is 0.245. The van der Waals surface area contributed by atoms with Gasteiger partial charge in [0.15, 0.2) is 0 Å². The van der Waals surface area contributed by atoms with E-state index in [1.54, 1.807) is 18.2 Å². The summed E-state index contributed by atoms with van der Waals surface area (Å²) in [5.74, 6) is -1.14. The Morgan fingerprint density at radius 3 is 2.75 bits per heavy atom. The number of rotatable bonds is 4. The van der Waals surface area contributed by atoms with Crippen molar-refractivity contribution < 1.29 is 19.6 Å². The number of benzene rings is 1. The number of carbonyl (C=O) groups is 1. The van der Waals surface area contributed by atoms with Crippen molar-refractivity contribution in [1.82, 2.24) is 4.98 Å². The molecule has 0 bridgehead atoms. The molecule has 0 amide bonds. The normalized spacial score (nSPS) is 10.1. The highest BCUT2D eigenvalue weighted by Crippen LogP contribution is 2.29. The number of aromatic nitrogens is 1. The molecule has 1 aromatic carbocycles. The Hall–Kier alpha value is -2.96. The Labute approximate surface area is 113 Å². The summed E-state index contributed by atoms with van der Waals surface area (Å²) in [5.41, 5.74) is 0.159. The Kier molecular flexibility index (Phi) is 3.60. The van der Waals surface area contributed by atoms with Crippen LogP contribution in [0.2, 0.25) is 0 Å². The summed E-state index contributed by atoms with van der Waals surface area (Å²) < 4.78 is 5.34. The summed E-state index contributed by atoms with van der Waals surface area (Å²) in [6, 6.07) is 7.82.